The van der Waals surface area contributed by atoms with E-state index in [1.54, 1.807) is 0 Å². The highest BCUT2D eigenvalue weighted by Crippen LogP contribution is 2.57. The molecular formula is C17H20O. The van der Waals surface area contributed by atoms with Gasteiger partial charge in [0.05, 0.1) is 0 Å². The molecule has 2 aliphatic rings. The van der Waals surface area contributed by atoms with E-state index in [-0.39, 0.29) is 5.41 Å². The maximum atomic E-state index is 11.4. The molecule has 0 spiro atoms. The Morgan fingerprint density at radius 1 is 1.22 bits per heavy atom. The standard InChI is InChI=1S/C17H20O/c1-12-15(11-18)14-9-6-10-16(14)17(12,2)13-7-4-3-5-8-13/h3-5,7-8,11,14,16H,6,9-10H2,1-2H3/t14-,16-,17-/m1/s1. The Kier molecular flexibility index (Phi) is 2.65. The molecule has 3 rings (SSSR count). The van der Waals surface area contributed by atoms with E-state index in [4.69, 9.17) is 0 Å². The molecule has 1 nitrogen and oxygen atoms in total. The van der Waals surface area contributed by atoms with Gasteiger partial charge in [0.2, 0.25) is 0 Å². The minimum atomic E-state index is 0.0681. The van der Waals surface area contributed by atoms with Crippen molar-refractivity contribution in [2.45, 2.75) is 38.5 Å². The summed E-state index contributed by atoms with van der Waals surface area (Å²) in [6.07, 6.45) is 4.83. The summed E-state index contributed by atoms with van der Waals surface area (Å²) in [6.45, 7) is 4.49. The zero-order chi connectivity index (χ0) is 12.8. The van der Waals surface area contributed by atoms with E-state index in [9.17, 15) is 4.79 Å². The van der Waals surface area contributed by atoms with E-state index in [1.165, 1.54) is 30.4 Å². The van der Waals surface area contributed by atoms with E-state index >= 15 is 0 Å². The van der Waals surface area contributed by atoms with Crippen LogP contribution in [0.1, 0.15) is 38.7 Å². The van der Waals surface area contributed by atoms with Gasteiger partial charge in [-0.3, -0.25) is 4.79 Å². The van der Waals surface area contributed by atoms with Crippen molar-refractivity contribution in [2.75, 3.05) is 0 Å². The highest BCUT2D eigenvalue weighted by Gasteiger charge is 2.51. The molecule has 0 aromatic heterocycles. The molecule has 0 bridgehead atoms. The van der Waals surface area contributed by atoms with Crippen molar-refractivity contribution in [3.8, 4) is 0 Å². The summed E-state index contributed by atoms with van der Waals surface area (Å²) in [7, 11) is 0. The Morgan fingerprint density at radius 2 is 1.94 bits per heavy atom. The third kappa shape index (κ3) is 1.36. The molecule has 2 aliphatic carbocycles. The van der Waals surface area contributed by atoms with Gasteiger partial charge < -0.3 is 0 Å². The molecular weight excluding hydrogens is 220 g/mol. The zero-order valence-electron chi connectivity index (χ0n) is 11.1. The number of allylic oxidation sites excluding steroid dienone is 2. The first-order valence-corrected chi connectivity index (χ1v) is 6.91. The normalized spacial score (nSPS) is 34.8. The van der Waals surface area contributed by atoms with Gasteiger partial charge in [-0.2, -0.15) is 0 Å². The molecule has 0 unspecified atom stereocenters. The molecule has 0 amide bonds. The lowest BCUT2D eigenvalue weighted by Crippen LogP contribution is -2.30. The molecule has 3 atom stereocenters. The SMILES string of the molecule is CC1=C(C=O)[C@H]2CCC[C@H]2[C@@]1(C)c1ccccc1. The second-order valence-corrected chi connectivity index (χ2v) is 5.91. The second kappa shape index (κ2) is 4.08. The van der Waals surface area contributed by atoms with Crippen LogP contribution in [-0.4, -0.2) is 6.29 Å². The molecule has 0 aliphatic heterocycles. The lowest BCUT2D eigenvalue weighted by Gasteiger charge is -2.34. The number of aldehydes is 1. The third-order valence-corrected chi connectivity index (χ3v) is 5.37. The monoisotopic (exact) mass is 240 g/mol. The van der Waals surface area contributed by atoms with E-state index < -0.39 is 0 Å². The van der Waals surface area contributed by atoms with Crippen LogP contribution in [0.4, 0.5) is 0 Å². The minimum Gasteiger partial charge on any atom is -0.298 e. The molecule has 1 aromatic rings. The number of benzene rings is 1. The van der Waals surface area contributed by atoms with E-state index in [0.29, 0.717) is 11.8 Å². The zero-order valence-corrected chi connectivity index (χ0v) is 11.1. The lowest BCUT2D eigenvalue weighted by atomic mass is 9.69. The van der Waals surface area contributed by atoms with Crippen LogP contribution in [0.2, 0.25) is 0 Å². The predicted molar refractivity (Wildman–Crippen MR) is 73.4 cm³/mol. The maximum Gasteiger partial charge on any atom is 0.146 e. The topological polar surface area (TPSA) is 17.1 Å². The Bertz CT molecular complexity index is 500. The number of carbonyl (C=O) groups excluding carboxylic acids is 1. The molecule has 0 N–H and O–H groups in total. The van der Waals surface area contributed by atoms with Crippen LogP contribution in [0, 0.1) is 11.8 Å². The number of fused-ring (bicyclic) bond motifs is 1. The van der Waals surface area contributed by atoms with Gasteiger partial charge in [0.15, 0.2) is 0 Å². The minimum absolute atomic E-state index is 0.0681. The molecule has 0 radical (unpaired) electrons. The molecule has 94 valence electrons. The number of rotatable bonds is 2. The number of carbonyl (C=O) groups is 1. The van der Waals surface area contributed by atoms with Gasteiger partial charge in [-0.1, -0.05) is 49.2 Å². The fraction of sp³-hybridized carbons (Fsp3) is 0.471. The van der Waals surface area contributed by atoms with Crippen LogP contribution in [0.3, 0.4) is 0 Å². The maximum absolute atomic E-state index is 11.4. The van der Waals surface area contributed by atoms with Gasteiger partial charge in [0.1, 0.15) is 6.29 Å². The highest BCUT2D eigenvalue weighted by atomic mass is 16.1. The first kappa shape index (κ1) is 11.7. The van der Waals surface area contributed by atoms with Crippen molar-refractivity contribution >= 4 is 6.29 Å². The quantitative estimate of drug-likeness (QED) is 0.717. The largest absolute Gasteiger partial charge is 0.298 e. The fourth-order valence-electron chi connectivity index (χ4n) is 4.27. The molecule has 0 heterocycles. The van der Waals surface area contributed by atoms with Crippen LogP contribution in [0.15, 0.2) is 41.5 Å². The number of hydrogen-bond acceptors (Lipinski definition) is 1. The van der Waals surface area contributed by atoms with Gasteiger partial charge >= 0.3 is 0 Å². The first-order chi connectivity index (χ1) is 8.69. The molecule has 1 heteroatoms. The van der Waals surface area contributed by atoms with Gasteiger partial charge in [0, 0.05) is 5.41 Å². The van der Waals surface area contributed by atoms with Gasteiger partial charge in [-0.25, -0.2) is 0 Å². The summed E-state index contributed by atoms with van der Waals surface area (Å²) in [5.74, 6) is 1.13. The Labute approximate surface area is 109 Å². The summed E-state index contributed by atoms with van der Waals surface area (Å²) in [5.41, 5.74) is 3.83. The predicted octanol–water partition coefficient (Wildman–Crippen LogP) is 3.89. The van der Waals surface area contributed by atoms with Crippen LogP contribution in [0.5, 0.6) is 0 Å². The Hall–Kier alpha value is -1.37. The smallest absolute Gasteiger partial charge is 0.146 e. The average Bonchev–Trinajstić information content (AvgIpc) is 2.95. The summed E-state index contributed by atoms with van der Waals surface area (Å²) < 4.78 is 0. The van der Waals surface area contributed by atoms with Gasteiger partial charge in [-0.05, 0) is 42.7 Å². The van der Waals surface area contributed by atoms with E-state index in [0.717, 1.165) is 11.9 Å². The number of hydrogen-bond donors (Lipinski definition) is 0. The lowest BCUT2D eigenvalue weighted by molar-refractivity contribution is -0.105. The van der Waals surface area contributed by atoms with Crippen LogP contribution in [-0.2, 0) is 10.2 Å². The van der Waals surface area contributed by atoms with E-state index in [2.05, 4.69) is 44.2 Å². The summed E-state index contributed by atoms with van der Waals surface area (Å²) in [4.78, 5) is 11.4. The highest BCUT2D eigenvalue weighted by molar-refractivity contribution is 5.78. The fourth-order valence-corrected chi connectivity index (χ4v) is 4.27. The van der Waals surface area contributed by atoms with Crippen molar-refractivity contribution in [1.29, 1.82) is 0 Å². The van der Waals surface area contributed by atoms with Crippen molar-refractivity contribution in [3.05, 3.63) is 47.0 Å². The van der Waals surface area contributed by atoms with Crippen molar-refractivity contribution in [1.82, 2.24) is 0 Å². The van der Waals surface area contributed by atoms with Crippen molar-refractivity contribution < 1.29 is 4.79 Å². The first-order valence-electron chi connectivity index (χ1n) is 6.91. The molecule has 0 saturated heterocycles. The summed E-state index contributed by atoms with van der Waals surface area (Å²) >= 11 is 0. The van der Waals surface area contributed by atoms with Crippen LogP contribution >= 0.6 is 0 Å². The van der Waals surface area contributed by atoms with Crippen molar-refractivity contribution in [3.63, 3.8) is 0 Å². The van der Waals surface area contributed by atoms with Crippen LogP contribution in [0.25, 0.3) is 0 Å². The molecule has 1 aromatic carbocycles. The van der Waals surface area contributed by atoms with Gasteiger partial charge in [0.25, 0.3) is 0 Å². The molecule has 1 fully saturated rings. The second-order valence-electron chi connectivity index (χ2n) is 5.91. The van der Waals surface area contributed by atoms with Gasteiger partial charge in [-0.15, -0.1) is 0 Å². The molecule has 1 saturated carbocycles. The van der Waals surface area contributed by atoms with Crippen molar-refractivity contribution in [2.24, 2.45) is 11.8 Å². The average molecular weight is 240 g/mol. The van der Waals surface area contributed by atoms with Crippen LogP contribution < -0.4 is 0 Å². The van der Waals surface area contributed by atoms with E-state index in [1.807, 2.05) is 0 Å². The third-order valence-electron chi connectivity index (χ3n) is 5.37. The Balaban J connectivity index is 2.16. The molecule has 18 heavy (non-hydrogen) atoms. The summed E-state index contributed by atoms with van der Waals surface area (Å²) in [6, 6.07) is 10.7. The Morgan fingerprint density at radius 3 is 2.61 bits per heavy atom. The summed E-state index contributed by atoms with van der Waals surface area (Å²) in [5, 5.41) is 0.